The van der Waals surface area contributed by atoms with Crippen molar-refractivity contribution < 1.29 is 18.8 Å². The molecule has 28 heavy (non-hydrogen) atoms. The first-order chi connectivity index (χ1) is 13.5. The second-order valence-corrected chi connectivity index (χ2v) is 7.08. The van der Waals surface area contributed by atoms with Gasteiger partial charge in [0.2, 0.25) is 5.91 Å². The molecule has 2 aliphatic heterocycles. The summed E-state index contributed by atoms with van der Waals surface area (Å²) in [5.74, 6) is -2.00. The molecule has 1 fully saturated rings. The lowest BCUT2D eigenvalue weighted by molar-refractivity contribution is -0.119. The van der Waals surface area contributed by atoms with Gasteiger partial charge in [0.1, 0.15) is 11.9 Å². The summed E-state index contributed by atoms with van der Waals surface area (Å²) in [5, 5.41) is 2.64. The van der Waals surface area contributed by atoms with Crippen molar-refractivity contribution in [3.05, 3.63) is 59.4 Å². The molecule has 1 saturated heterocycles. The summed E-state index contributed by atoms with van der Waals surface area (Å²) in [4.78, 5) is 40.8. The Bertz CT molecular complexity index is 934. The van der Waals surface area contributed by atoms with E-state index in [0.717, 1.165) is 30.8 Å². The van der Waals surface area contributed by atoms with Gasteiger partial charge in [-0.05, 0) is 50.1 Å². The van der Waals surface area contributed by atoms with Crippen LogP contribution in [-0.4, -0.2) is 41.8 Å². The third kappa shape index (κ3) is 3.13. The number of imide groups is 1. The number of nitrogens with one attached hydrogen (secondary N) is 1. The van der Waals surface area contributed by atoms with Crippen molar-refractivity contribution in [1.82, 2.24) is 4.90 Å². The fraction of sp³-hybridized carbons (Fsp3) is 0.286. The summed E-state index contributed by atoms with van der Waals surface area (Å²) in [6.07, 6.45) is 2.10. The maximum Gasteiger partial charge on any atom is 0.262 e. The summed E-state index contributed by atoms with van der Waals surface area (Å²) in [5.41, 5.74) is 1.58. The van der Waals surface area contributed by atoms with Gasteiger partial charge in [0.15, 0.2) is 0 Å². The van der Waals surface area contributed by atoms with Crippen LogP contribution in [0.15, 0.2) is 42.5 Å². The number of rotatable bonds is 4. The zero-order valence-electron chi connectivity index (χ0n) is 15.4. The number of fused-ring (bicyclic) bond motifs is 1. The molecule has 1 atom stereocenters. The molecule has 0 aromatic heterocycles. The van der Waals surface area contributed by atoms with Gasteiger partial charge in [-0.3, -0.25) is 19.3 Å². The number of benzene rings is 2. The number of carbonyl (C=O) groups is 3. The van der Waals surface area contributed by atoms with Gasteiger partial charge in [0.05, 0.1) is 11.1 Å². The van der Waals surface area contributed by atoms with E-state index >= 15 is 0 Å². The average Bonchev–Trinajstić information content (AvgIpc) is 3.29. The second-order valence-electron chi connectivity index (χ2n) is 7.08. The molecule has 2 aromatic rings. The van der Waals surface area contributed by atoms with Gasteiger partial charge in [-0.25, -0.2) is 4.39 Å². The highest BCUT2D eigenvalue weighted by molar-refractivity contribution is 6.23. The maximum atomic E-state index is 14.0. The Morgan fingerprint density at radius 3 is 2.25 bits per heavy atom. The van der Waals surface area contributed by atoms with Crippen molar-refractivity contribution in [3.8, 4) is 0 Å². The highest BCUT2D eigenvalue weighted by Gasteiger charge is 2.40. The fourth-order valence-corrected chi connectivity index (χ4v) is 3.73. The number of hydrogen-bond donors (Lipinski definition) is 1. The van der Waals surface area contributed by atoms with Gasteiger partial charge < -0.3 is 10.2 Å². The van der Waals surface area contributed by atoms with Gasteiger partial charge in [-0.2, -0.15) is 0 Å². The minimum absolute atomic E-state index is 0.286. The minimum Gasteiger partial charge on any atom is -0.371 e. The van der Waals surface area contributed by atoms with Crippen LogP contribution in [0.4, 0.5) is 15.8 Å². The van der Waals surface area contributed by atoms with Crippen LogP contribution in [0, 0.1) is 5.82 Å². The molecule has 0 bridgehead atoms. The lowest BCUT2D eigenvalue weighted by atomic mass is 10.1. The van der Waals surface area contributed by atoms with Crippen LogP contribution in [0.25, 0.3) is 0 Å². The first kappa shape index (κ1) is 18.2. The summed E-state index contributed by atoms with van der Waals surface area (Å²) in [6, 6.07) is 9.83. The summed E-state index contributed by atoms with van der Waals surface area (Å²) < 4.78 is 14.0. The molecule has 4 rings (SSSR count). The monoisotopic (exact) mass is 381 g/mol. The van der Waals surface area contributed by atoms with E-state index in [1.54, 1.807) is 30.3 Å². The van der Waals surface area contributed by atoms with E-state index in [4.69, 9.17) is 0 Å². The smallest absolute Gasteiger partial charge is 0.262 e. The zero-order valence-corrected chi connectivity index (χ0v) is 15.4. The lowest BCUT2D eigenvalue weighted by Crippen LogP contribution is -2.45. The molecule has 0 aliphatic carbocycles. The topological polar surface area (TPSA) is 69.7 Å². The summed E-state index contributed by atoms with van der Waals surface area (Å²) in [7, 11) is 0. The predicted octanol–water partition coefficient (Wildman–Crippen LogP) is 3.05. The number of nitrogens with zero attached hydrogens (tertiary/aromatic N) is 2. The van der Waals surface area contributed by atoms with Crippen molar-refractivity contribution >= 4 is 29.1 Å². The number of amides is 3. The van der Waals surface area contributed by atoms with Crippen LogP contribution in [0.2, 0.25) is 0 Å². The maximum absolute atomic E-state index is 14.0. The van der Waals surface area contributed by atoms with Crippen molar-refractivity contribution in [2.24, 2.45) is 0 Å². The third-order valence-corrected chi connectivity index (χ3v) is 5.21. The van der Waals surface area contributed by atoms with Crippen molar-refractivity contribution in [2.45, 2.75) is 25.8 Å². The molecule has 2 heterocycles. The van der Waals surface area contributed by atoms with Crippen LogP contribution < -0.4 is 10.2 Å². The highest BCUT2D eigenvalue weighted by atomic mass is 19.1. The van der Waals surface area contributed by atoms with E-state index < -0.39 is 29.6 Å². The van der Waals surface area contributed by atoms with Crippen molar-refractivity contribution in [2.75, 3.05) is 23.3 Å². The largest absolute Gasteiger partial charge is 0.371 e. The quantitative estimate of drug-likeness (QED) is 0.827. The van der Waals surface area contributed by atoms with Crippen LogP contribution in [-0.2, 0) is 4.79 Å². The molecular weight excluding hydrogens is 361 g/mol. The Morgan fingerprint density at radius 2 is 1.64 bits per heavy atom. The van der Waals surface area contributed by atoms with E-state index in [1.165, 1.54) is 19.1 Å². The van der Waals surface area contributed by atoms with E-state index in [1.807, 2.05) is 0 Å². The molecule has 1 N–H and O–H groups in total. The lowest BCUT2D eigenvalue weighted by Gasteiger charge is -2.23. The molecule has 6 nitrogen and oxygen atoms in total. The Hall–Kier alpha value is -3.22. The average molecular weight is 381 g/mol. The minimum atomic E-state index is -1.02. The molecular formula is C21H20FN3O3. The van der Waals surface area contributed by atoms with E-state index in [0.29, 0.717) is 11.4 Å². The highest BCUT2D eigenvalue weighted by Crippen LogP contribution is 2.27. The Kier molecular flexibility index (Phi) is 4.58. The molecule has 144 valence electrons. The van der Waals surface area contributed by atoms with E-state index in [2.05, 4.69) is 10.2 Å². The molecule has 2 aliphatic rings. The van der Waals surface area contributed by atoms with Crippen molar-refractivity contribution in [1.29, 1.82) is 0 Å². The fourth-order valence-electron chi connectivity index (χ4n) is 3.73. The number of anilines is 2. The van der Waals surface area contributed by atoms with Gasteiger partial charge in [0, 0.05) is 24.5 Å². The molecule has 0 saturated carbocycles. The van der Waals surface area contributed by atoms with E-state index in [9.17, 15) is 18.8 Å². The molecule has 2 aromatic carbocycles. The SMILES string of the molecule is CC(C(=O)Nc1cc(F)cc(N2CCCC2)c1)N1C(=O)c2ccccc2C1=O. The molecule has 7 heteroatoms. The summed E-state index contributed by atoms with van der Waals surface area (Å²) >= 11 is 0. The van der Waals surface area contributed by atoms with Crippen LogP contribution in [0.5, 0.6) is 0 Å². The van der Waals surface area contributed by atoms with Crippen LogP contribution >= 0.6 is 0 Å². The molecule has 0 radical (unpaired) electrons. The Labute approximate surface area is 161 Å². The second kappa shape index (κ2) is 7.07. The Morgan fingerprint density at radius 1 is 1.04 bits per heavy atom. The van der Waals surface area contributed by atoms with Gasteiger partial charge in [-0.15, -0.1) is 0 Å². The van der Waals surface area contributed by atoms with Gasteiger partial charge in [-0.1, -0.05) is 12.1 Å². The predicted molar refractivity (Wildman–Crippen MR) is 103 cm³/mol. The first-order valence-corrected chi connectivity index (χ1v) is 9.29. The van der Waals surface area contributed by atoms with Crippen LogP contribution in [0.1, 0.15) is 40.5 Å². The standard InChI is InChI=1S/C21H20FN3O3/c1-13(25-20(27)17-6-2-3-7-18(17)21(25)28)19(26)23-15-10-14(22)11-16(12-15)24-8-4-5-9-24/h2-3,6-7,10-13H,4-5,8-9H2,1H3,(H,23,26). The van der Waals surface area contributed by atoms with Crippen LogP contribution in [0.3, 0.4) is 0 Å². The van der Waals surface area contributed by atoms with E-state index in [-0.39, 0.29) is 11.1 Å². The van der Waals surface area contributed by atoms with Gasteiger partial charge in [0.25, 0.3) is 11.8 Å². The number of halogens is 1. The first-order valence-electron chi connectivity index (χ1n) is 9.29. The third-order valence-electron chi connectivity index (χ3n) is 5.21. The zero-order chi connectivity index (χ0) is 19.8. The molecule has 1 unspecified atom stereocenters. The summed E-state index contributed by atoms with van der Waals surface area (Å²) in [6.45, 7) is 3.18. The normalized spacial score (nSPS) is 17.1. The Balaban J connectivity index is 1.53. The number of carbonyl (C=O) groups excluding carboxylic acids is 3. The van der Waals surface area contributed by atoms with Gasteiger partial charge >= 0.3 is 0 Å². The molecule has 3 amide bonds. The number of hydrogen-bond acceptors (Lipinski definition) is 4. The van der Waals surface area contributed by atoms with Crippen molar-refractivity contribution in [3.63, 3.8) is 0 Å². The molecule has 0 spiro atoms.